The molecule has 2 aromatic heterocycles. The summed E-state index contributed by atoms with van der Waals surface area (Å²) in [6, 6.07) is 22.5. The minimum Gasteiger partial charge on any atom is -0.319 e. The first kappa shape index (κ1) is 17.7. The van der Waals surface area contributed by atoms with Gasteiger partial charge in [0.2, 0.25) is 0 Å². The van der Waals surface area contributed by atoms with Crippen molar-refractivity contribution in [1.82, 2.24) is 9.55 Å². The first-order chi connectivity index (χ1) is 13.7. The van der Waals surface area contributed by atoms with Crippen molar-refractivity contribution < 1.29 is 4.79 Å². The molecule has 1 amide bonds. The Balaban J connectivity index is 1.74. The second-order valence-corrected chi connectivity index (χ2v) is 6.51. The lowest BCUT2D eigenvalue weighted by Crippen LogP contribution is -2.29. The van der Waals surface area contributed by atoms with Crippen LogP contribution in [-0.2, 0) is 13.0 Å². The van der Waals surface area contributed by atoms with Crippen LogP contribution in [0.15, 0.2) is 90.0 Å². The molecule has 0 spiro atoms. The van der Waals surface area contributed by atoms with E-state index in [4.69, 9.17) is 0 Å². The third kappa shape index (κ3) is 3.69. The maximum absolute atomic E-state index is 13.1. The number of aromatic nitrogens is 2. The zero-order valence-corrected chi connectivity index (χ0v) is 15.2. The van der Waals surface area contributed by atoms with Crippen LogP contribution in [0.1, 0.15) is 16.1 Å². The number of benzene rings is 2. The van der Waals surface area contributed by atoms with Crippen molar-refractivity contribution in [2.45, 2.75) is 13.0 Å². The van der Waals surface area contributed by atoms with Gasteiger partial charge in [-0.2, -0.15) is 0 Å². The predicted molar refractivity (Wildman–Crippen MR) is 111 cm³/mol. The third-order valence-electron chi connectivity index (χ3n) is 4.64. The van der Waals surface area contributed by atoms with Crippen molar-refractivity contribution >= 4 is 22.4 Å². The second-order valence-electron chi connectivity index (χ2n) is 6.51. The second kappa shape index (κ2) is 7.88. The molecule has 138 valence electrons. The molecule has 4 rings (SSSR count). The Morgan fingerprint density at radius 2 is 1.75 bits per heavy atom. The van der Waals surface area contributed by atoms with Crippen LogP contribution in [0.5, 0.6) is 0 Å². The van der Waals surface area contributed by atoms with Gasteiger partial charge in [-0.1, -0.05) is 48.5 Å². The molecule has 2 heterocycles. The van der Waals surface area contributed by atoms with Gasteiger partial charge in [0.25, 0.3) is 11.5 Å². The van der Waals surface area contributed by atoms with Gasteiger partial charge in [0.15, 0.2) is 0 Å². The zero-order valence-electron chi connectivity index (χ0n) is 15.2. The van der Waals surface area contributed by atoms with Gasteiger partial charge >= 0.3 is 0 Å². The van der Waals surface area contributed by atoms with Gasteiger partial charge in [-0.05, 0) is 41.6 Å². The normalized spacial score (nSPS) is 10.7. The highest BCUT2D eigenvalue weighted by Gasteiger charge is 2.16. The van der Waals surface area contributed by atoms with Crippen LogP contribution in [0.3, 0.4) is 0 Å². The van der Waals surface area contributed by atoms with Gasteiger partial charge in [0.05, 0.1) is 11.9 Å². The molecular formula is C23H19N3O2. The van der Waals surface area contributed by atoms with E-state index >= 15 is 0 Å². The number of rotatable bonds is 5. The number of pyridine rings is 2. The Morgan fingerprint density at radius 1 is 0.964 bits per heavy atom. The molecule has 0 radical (unpaired) electrons. The SMILES string of the molecule is O=C(Nc1cccnc1)c1cc2ccccc2c(=O)n1CCc1ccccc1. The average Bonchev–Trinajstić information content (AvgIpc) is 2.74. The number of hydrogen-bond acceptors (Lipinski definition) is 3. The summed E-state index contributed by atoms with van der Waals surface area (Å²) in [4.78, 5) is 30.1. The van der Waals surface area contributed by atoms with E-state index in [1.54, 1.807) is 41.2 Å². The van der Waals surface area contributed by atoms with Crippen molar-refractivity contribution in [3.8, 4) is 0 Å². The number of aryl methyl sites for hydroxylation is 1. The summed E-state index contributed by atoms with van der Waals surface area (Å²) >= 11 is 0. The van der Waals surface area contributed by atoms with Crippen LogP contribution in [0.4, 0.5) is 5.69 Å². The molecule has 0 aliphatic carbocycles. The fourth-order valence-corrected chi connectivity index (χ4v) is 3.23. The van der Waals surface area contributed by atoms with Crippen LogP contribution in [0, 0.1) is 0 Å². The smallest absolute Gasteiger partial charge is 0.272 e. The monoisotopic (exact) mass is 369 g/mol. The highest BCUT2D eigenvalue weighted by molar-refractivity contribution is 6.05. The standard InChI is InChI=1S/C23H19N3O2/c27-22(25-19-10-6-13-24-16-19)21-15-18-9-4-5-11-20(18)23(28)26(21)14-12-17-7-2-1-3-8-17/h1-11,13,15-16H,12,14H2,(H,25,27). The van der Waals surface area contributed by atoms with Gasteiger partial charge in [0.1, 0.15) is 5.69 Å². The number of nitrogens with one attached hydrogen (secondary N) is 1. The van der Waals surface area contributed by atoms with Crippen LogP contribution in [-0.4, -0.2) is 15.5 Å². The summed E-state index contributed by atoms with van der Waals surface area (Å²) in [5, 5.41) is 4.18. The molecule has 4 aromatic rings. The maximum atomic E-state index is 13.1. The van der Waals surface area contributed by atoms with E-state index in [-0.39, 0.29) is 11.5 Å². The molecular weight excluding hydrogens is 350 g/mol. The fourth-order valence-electron chi connectivity index (χ4n) is 3.23. The lowest BCUT2D eigenvalue weighted by atomic mass is 10.1. The molecule has 0 aliphatic heterocycles. The van der Waals surface area contributed by atoms with Gasteiger partial charge < -0.3 is 9.88 Å². The van der Waals surface area contributed by atoms with Crippen LogP contribution in [0.2, 0.25) is 0 Å². The summed E-state index contributed by atoms with van der Waals surface area (Å²) in [6.45, 7) is 0.420. The van der Waals surface area contributed by atoms with Crippen LogP contribution in [0.25, 0.3) is 10.8 Å². The summed E-state index contributed by atoms with van der Waals surface area (Å²) in [5.41, 5.74) is 1.87. The molecule has 0 saturated heterocycles. The van der Waals surface area contributed by atoms with Gasteiger partial charge in [-0.3, -0.25) is 14.6 Å². The Kier molecular flexibility index (Phi) is 4.97. The number of nitrogens with zero attached hydrogens (tertiary/aromatic N) is 2. The quantitative estimate of drug-likeness (QED) is 0.580. The van der Waals surface area contributed by atoms with E-state index in [1.807, 2.05) is 48.5 Å². The van der Waals surface area contributed by atoms with Crippen molar-refractivity contribution in [1.29, 1.82) is 0 Å². The predicted octanol–water partition coefficient (Wildman–Crippen LogP) is 3.89. The van der Waals surface area contributed by atoms with Crippen molar-refractivity contribution in [2.75, 3.05) is 5.32 Å². The van der Waals surface area contributed by atoms with Gasteiger partial charge in [0, 0.05) is 18.1 Å². The number of fused-ring (bicyclic) bond motifs is 1. The average molecular weight is 369 g/mol. The van der Waals surface area contributed by atoms with Crippen LogP contribution >= 0.6 is 0 Å². The number of anilines is 1. The first-order valence-corrected chi connectivity index (χ1v) is 9.10. The Hall–Kier alpha value is -3.73. The van der Waals surface area contributed by atoms with E-state index in [0.29, 0.717) is 29.7 Å². The van der Waals surface area contributed by atoms with Crippen molar-refractivity contribution in [3.05, 3.63) is 107 Å². The molecule has 5 heteroatoms. The summed E-state index contributed by atoms with van der Waals surface area (Å²) < 4.78 is 1.56. The minimum atomic E-state index is -0.330. The number of amides is 1. The number of hydrogen-bond donors (Lipinski definition) is 1. The van der Waals surface area contributed by atoms with E-state index < -0.39 is 0 Å². The van der Waals surface area contributed by atoms with Crippen molar-refractivity contribution in [3.63, 3.8) is 0 Å². The topological polar surface area (TPSA) is 64.0 Å². The maximum Gasteiger partial charge on any atom is 0.272 e. The summed E-state index contributed by atoms with van der Waals surface area (Å²) in [5.74, 6) is -0.330. The molecule has 0 unspecified atom stereocenters. The molecule has 0 bridgehead atoms. The number of carbonyl (C=O) groups is 1. The Labute approximate surface area is 162 Å². The number of carbonyl (C=O) groups excluding carboxylic acids is 1. The van der Waals surface area contributed by atoms with Crippen LogP contribution < -0.4 is 10.9 Å². The third-order valence-corrected chi connectivity index (χ3v) is 4.64. The van der Waals surface area contributed by atoms with E-state index in [1.165, 1.54) is 0 Å². The molecule has 5 nitrogen and oxygen atoms in total. The van der Waals surface area contributed by atoms with E-state index in [2.05, 4.69) is 10.3 Å². The molecule has 28 heavy (non-hydrogen) atoms. The summed E-state index contributed by atoms with van der Waals surface area (Å²) in [6.07, 6.45) is 3.87. The summed E-state index contributed by atoms with van der Waals surface area (Å²) in [7, 11) is 0. The molecule has 0 atom stereocenters. The van der Waals surface area contributed by atoms with E-state index in [0.717, 1.165) is 10.9 Å². The molecule has 0 saturated carbocycles. The van der Waals surface area contributed by atoms with Gasteiger partial charge in [-0.15, -0.1) is 0 Å². The lowest BCUT2D eigenvalue weighted by molar-refractivity contribution is 0.101. The molecule has 0 fully saturated rings. The highest BCUT2D eigenvalue weighted by atomic mass is 16.2. The largest absolute Gasteiger partial charge is 0.319 e. The van der Waals surface area contributed by atoms with Crippen molar-refractivity contribution in [2.24, 2.45) is 0 Å². The lowest BCUT2D eigenvalue weighted by Gasteiger charge is -2.14. The van der Waals surface area contributed by atoms with Gasteiger partial charge in [-0.25, -0.2) is 0 Å². The molecule has 1 N–H and O–H groups in total. The fraction of sp³-hybridized carbons (Fsp3) is 0.0870. The first-order valence-electron chi connectivity index (χ1n) is 9.10. The minimum absolute atomic E-state index is 0.162. The zero-order chi connectivity index (χ0) is 19.3. The molecule has 2 aromatic carbocycles. The molecule has 0 aliphatic rings. The highest BCUT2D eigenvalue weighted by Crippen LogP contribution is 2.15. The van der Waals surface area contributed by atoms with E-state index in [9.17, 15) is 9.59 Å². The Morgan fingerprint density at radius 3 is 2.54 bits per heavy atom. The Bertz CT molecular complexity index is 1170.